The second-order valence-electron chi connectivity index (χ2n) is 1.77. The second kappa shape index (κ2) is 3.91. The fourth-order valence-electron chi connectivity index (χ4n) is 0.319. The highest BCUT2D eigenvalue weighted by molar-refractivity contribution is 5.03. The van der Waals surface area contributed by atoms with Gasteiger partial charge < -0.3 is 0 Å². The van der Waals surface area contributed by atoms with Gasteiger partial charge in [-0.05, 0) is 19.3 Å². The third-order valence-electron chi connectivity index (χ3n) is 0.618. The maximum absolute atomic E-state index is 3.66. The monoisotopic (exact) mass is 96.1 g/mol. The zero-order valence-electron chi connectivity index (χ0n) is 5.07. The van der Waals surface area contributed by atoms with E-state index in [1.807, 2.05) is 0 Å². The lowest BCUT2D eigenvalue weighted by Gasteiger charge is -1.87. The van der Waals surface area contributed by atoms with E-state index in [2.05, 4.69) is 32.9 Å². The van der Waals surface area contributed by atoms with Crippen LogP contribution >= 0.6 is 0 Å². The number of rotatable bonds is 2. The normalized spacial score (nSPS) is 11.4. The van der Waals surface area contributed by atoms with E-state index in [0.717, 1.165) is 6.42 Å². The zero-order chi connectivity index (χ0) is 5.70. The minimum absolute atomic E-state index is 0.894. The van der Waals surface area contributed by atoms with Crippen molar-refractivity contribution < 1.29 is 0 Å². The first-order valence-electron chi connectivity index (χ1n) is 2.53. The predicted molar refractivity (Wildman–Crippen MR) is 33.7 cm³/mol. The summed E-state index contributed by atoms with van der Waals surface area (Å²) >= 11 is 0. The van der Waals surface area contributed by atoms with Crippen LogP contribution in [0.2, 0.25) is 0 Å². The van der Waals surface area contributed by atoms with Crippen LogP contribution in [0, 0.1) is 12.8 Å². The summed E-state index contributed by atoms with van der Waals surface area (Å²) in [5, 5.41) is 0. The molecule has 0 atom stereocenters. The standard InChI is InChI=1S/C7H12/c1-4-5-6-7(2)3/h5-6H,1,4H2,2-3H3. The molecule has 2 radical (unpaired) electrons. The highest BCUT2D eigenvalue weighted by atomic mass is 13.8. The predicted octanol–water partition coefficient (Wildman–Crippen LogP) is 2.38. The summed E-state index contributed by atoms with van der Waals surface area (Å²) in [6.45, 7) is 7.81. The van der Waals surface area contributed by atoms with Crippen LogP contribution in [0.15, 0.2) is 12.2 Å². The van der Waals surface area contributed by atoms with Gasteiger partial charge in [-0.25, -0.2) is 0 Å². The Bertz CT molecular complexity index is 51.1. The minimum atomic E-state index is 0.894. The first-order valence-corrected chi connectivity index (χ1v) is 2.53. The van der Waals surface area contributed by atoms with Gasteiger partial charge in [0.2, 0.25) is 0 Å². The molecule has 0 aliphatic carbocycles. The molecule has 0 nitrogen and oxygen atoms in total. The number of hydrogen-bond donors (Lipinski definition) is 0. The van der Waals surface area contributed by atoms with Gasteiger partial charge >= 0.3 is 0 Å². The van der Waals surface area contributed by atoms with Crippen LogP contribution < -0.4 is 0 Å². The van der Waals surface area contributed by atoms with E-state index >= 15 is 0 Å². The average Bonchev–Trinajstić information content (AvgIpc) is 1.61. The maximum Gasteiger partial charge on any atom is -0.00892 e. The summed E-state index contributed by atoms with van der Waals surface area (Å²) in [5.41, 5.74) is 0. The summed E-state index contributed by atoms with van der Waals surface area (Å²) in [6.07, 6.45) is 5.02. The second-order valence-corrected chi connectivity index (χ2v) is 1.77. The molecule has 40 valence electrons. The van der Waals surface area contributed by atoms with E-state index in [1.165, 1.54) is 5.92 Å². The smallest absolute Gasteiger partial charge is 0.00892 e. The zero-order valence-corrected chi connectivity index (χ0v) is 5.07. The highest BCUT2D eigenvalue weighted by Gasteiger charge is 1.79. The van der Waals surface area contributed by atoms with Gasteiger partial charge in [-0.15, -0.1) is 0 Å². The fraction of sp³-hybridized carbons (Fsp3) is 0.429. The Kier molecular flexibility index (Phi) is 3.77. The van der Waals surface area contributed by atoms with Gasteiger partial charge in [0.1, 0.15) is 0 Å². The van der Waals surface area contributed by atoms with Crippen LogP contribution in [0.4, 0.5) is 0 Å². The summed E-state index contributed by atoms with van der Waals surface area (Å²) in [6, 6.07) is 0. The van der Waals surface area contributed by atoms with Crippen LogP contribution in [0.3, 0.4) is 0 Å². The molecule has 7 heavy (non-hydrogen) atoms. The largest absolute Gasteiger partial charge is 0.0880 e. The van der Waals surface area contributed by atoms with Gasteiger partial charge in [0.05, 0.1) is 0 Å². The van der Waals surface area contributed by atoms with E-state index in [1.54, 1.807) is 0 Å². The van der Waals surface area contributed by atoms with Crippen molar-refractivity contribution >= 4 is 0 Å². The minimum Gasteiger partial charge on any atom is -0.0880 e. The van der Waals surface area contributed by atoms with Crippen LogP contribution in [-0.2, 0) is 0 Å². The van der Waals surface area contributed by atoms with E-state index in [0.29, 0.717) is 0 Å². The first-order chi connectivity index (χ1) is 3.27. The molecule has 0 aromatic heterocycles. The third kappa shape index (κ3) is 5.74. The molecule has 0 amide bonds. The molecule has 0 aromatic rings. The summed E-state index contributed by atoms with van der Waals surface area (Å²) in [4.78, 5) is 0. The molecule has 0 spiro atoms. The molecule has 0 unspecified atom stereocenters. The highest BCUT2D eigenvalue weighted by Crippen LogP contribution is 1.96. The van der Waals surface area contributed by atoms with Crippen molar-refractivity contribution in [1.82, 2.24) is 0 Å². The molecule has 0 saturated heterocycles. The van der Waals surface area contributed by atoms with Crippen LogP contribution in [0.25, 0.3) is 0 Å². The van der Waals surface area contributed by atoms with Crippen molar-refractivity contribution in [3.8, 4) is 0 Å². The Labute approximate surface area is 46.2 Å². The average molecular weight is 96.2 g/mol. The summed E-state index contributed by atoms with van der Waals surface area (Å²) in [7, 11) is 0. The molecule has 0 aliphatic rings. The molecule has 0 heteroatoms. The molecule has 0 fully saturated rings. The van der Waals surface area contributed by atoms with E-state index in [4.69, 9.17) is 0 Å². The lowest BCUT2D eigenvalue weighted by molar-refractivity contribution is 1.19. The third-order valence-corrected chi connectivity index (χ3v) is 0.618. The van der Waals surface area contributed by atoms with Crippen LogP contribution in [0.1, 0.15) is 20.3 Å². The van der Waals surface area contributed by atoms with Crippen molar-refractivity contribution in [1.29, 1.82) is 0 Å². The first kappa shape index (κ1) is 6.74. The fourth-order valence-corrected chi connectivity index (χ4v) is 0.319. The molecule has 0 saturated carbocycles. The Morgan fingerprint density at radius 1 is 1.57 bits per heavy atom. The number of allylic oxidation sites excluding steroid dienone is 2. The van der Waals surface area contributed by atoms with E-state index < -0.39 is 0 Å². The molecule has 0 bridgehead atoms. The van der Waals surface area contributed by atoms with Gasteiger partial charge in [-0.2, -0.15) is 0 Å². The van der Waals surface area contributed by atoms with Crippen molar-refractivity contribution in [2.24, 2.45) is 0 Å². The Hall–Kier alpha value is -0.260. The van der Waals surface area contributed by atoms with Crippen molar-refractivity contribution in [2.45, 2.75) is 20.3 Å². The van der Waals surface area contributed by atoms with Crippen LogP contribution in [0.5, 0.6) is 0 Å². The van der Waals surface area contributed by atoms with Crippen molar-refractivity contribution in [2.75, 3.05) is 0 Å². The molecule has 0 N–H and O–H groups in total. The molecular formula is C7H12. The van der Waals surface area contributed by atoms with Crippen molar-refractivity contribution in [3.05, 3.63) is 25.0 Å². The molecule has 0 heterocycles. The van der Waals surface area contributed by atoms with Crippen LogP contribution in [-0.4, -0.2) is 0 Å². The van der Waals surface area contributed by atoms with Gasteiger partial charge in [0, 0.05) is 0 Å². The molecular weight excluding hydrogens is 84.1 g/mol. The van der Waals surface area contributed by atoms with Gasteiger partial charge in [0.25, 0.3) is 0 Å². The lowest BCUT2D eigenvalue weighted by atomic mass is 10.2. The lowest BCUT2D eigenvalue weighted by Crippen LogP contribution is -1.71. The van der Waals surface area contributed by atoms with E-state index in [9.17, 15) is 0 Å². The van der Waals surface area contributed by atoms with Gasteiger partial charge in [-0.1, -0.05) is 26.0 Å². The van der Waals surface area contributed by atoms with Gasteiger partial charge in [-0.3, -0.25) is 0 Å². The van der Waals surface area contributed by atoms with E-state index in [-0.39, 0.29) is 0 Å². The van der Waals surface area contributed by atoms with Crippen molar-refractivity contribution in [3.63, 3.8) is 0 Å². The SMILES string of the molecule is [CH2]CC=C[C](C)C. The topological polar surface area (TPSA) is 0 Å². The molecule has 0 rings (SSSR count). The molecule has 0 aromatic carbocycles. The summed E-state index contributed by atoms with van der Waals surface area (Å²) in [5.74, 6) is 1.34. The Morgan fingerprint density at radius 2 is 2.14 bits per heavy atom. The Balaban J connectivity index is 3.08. The maximum atomic E-state index is 3.66. The number of hydrogen-bond acceptors (Lipinski definition) is 0. The Morgan fingerprint density at radius 3 is 2.29 bits per heavy atom. The summed E-state index contributed by atoms with van der Waals surface area (Å²) < 4.78 is 0. The van der Waals surface area contributed by atoms with Gasteiger partial charge in [0.15, 0.2) is 0 Å². The molecule has 0 aliphatic heterocycles. The quantitative estimate of drug-likeness (QED) is 0.495.